The van der Waals surface area contributed by atoms with Crippen molar-refractivity contribution in [2.75, 3.05) is 4.72 Å². The first kappa shape index (κ1) is 23.3. The lowest BCUT2D eigenvalue weighted by Crippen LogP contribution is -2.29. The Kier molecular flexibility index (Phi) is 6.80. The van der Waals surface area contributed by atoms with E-state index in [1.165, 1.54) is 12.1 Å². The highest BCUT2D eigenvalue weighted by molar-refractivity contribution is 7.92. The zero-order valence-electron chi connectivity index (χ0n) is 19.0. The van der Waals surface area contributed by atoms with Crippen LogP contribution in [-0.4, -0.2) is 14.3 Å². The molecule has 6 heteroatoms. The van der Waals surface area contributed by atoms with Crippen molar-refractivity contribution in [2.45, 2.75) is 24.8 Å². The molecule has 172 valence electrons. The normalized spacial score (nSPS) is 12.1. The van der Waals surface area contributed by atoms with Crippen LogP contribution in [0.2, 0.25) is 0 Å². The Balaban J connectivity index is 1.62. The minimum atomic E-state index is -3.77. The van der Waals surface area contributed by atoms with Crippen LogP contribution in [0.25, 0.3) is 0 Å². The van der Waals surface area contributed by atoms with Gasteiger partial charge in [-0.05, 0) is 54.8 Å². The molecular weight excluding hydrogens is 444 g/mol. The second-order valence-electron chi connectivity index (χ2n) is 8.18. The number of rotatable bonds is 7. The summed E-state index contributed by atoms with van der Waals surface area (Å²) in [6, 6.07) is 30.6. The number of hydrogen-bond donors (Lipinski definition) is 2. The average molecular weight is 471 g/mol. The highest BCUT2D eigenvalue weighted by atomic mass is 32.2. The molecule has 0 fully saturated rings. The number of hydrogen-bond acceptors (Lipinski definition) is 3. The lowest BCUT2D eigenvalue weighted by molar-refractivity contribution is 0.0943. The number of sulfonamides is 1. The maximum atomic E-state index is 13.3. The molecule has 0 aliphatic carbocycles. The Morgan fingerprint density at radius 1 is 0.735 bits per heavy atom. The van der Waals surface area contributed by atoms with Gasteiger partial charge in [0.05, 0.1) is 16.6 Å². The van der Waals surface area contributed by atoms with Crippen LogP contribution in [0.1, 0.15) is 38.7 Å². The van der Waals surface area contributed by atoms with Gasteiger partial charge in [0.2, 0.25) is 0 Å². The number of anilines is 1. The monoisotopic (exact) mass is 470 g/mol. The van der Waals surface area contributed by atoms with Crippen LogP contribution >= 0.6 is 0 Å². The van der Waals surface area contributed by atoms with Crippen molar-refractivity contribution >= 4 is 21.6 Å². The van der Waals surface area contributed by atoms with E-state index in [2.05, 4.69) is 10.0 Å². The Bertz CT molecular complexity index is 1390. The second-order valence-corrected chi connectivity index (χ2v) is 9.86. The summed E-state index contributed by atoms with van der Waals surface area (Å²) in [7, 11) is -3.77. The van der Waals surface area contributed by atoms with Gasteiger partial charge in [-0.1, -0.05) is 84.4 Å². The molecule has 0 saturated heterocycles. The van der Waals surface area contributed by atoms with Gasteiger partial charge < -0.3 is 5.32 Å². The molecule has 0 heterocycles. The first-order valence-electron chi connectivity index (χ1n) is 10.9. The van der Waals surface area contributed by atoms with Crippen LogP contribution in [0.5, 0.6) is 0 Å². The largest absolute Gasteiger partial charge is 0.341 e. The van der Waals surface area contributed by atoms with Crippen LogP contribution < -0.4 is 10.0 Å². The molecule has 4 aromatic carbocycles. The number of benzene rings is 4. The Morgan fingerprint density at radius 3 is 1.97 bits per heavy atom. The van der Waals surface area contributed by atoms with E-state index in [9.17, 15) is 13.2 Å². The van der Waals surface area contributed by atoms with Gasteiger partial charge in [0, 0.05) is 5.56 Å². The van der Waals surface area contributed by atoms with Crippen LogP contribution in [0.15, 0.2) is 108 Å². The summed E-state index contributed by atoms with van der Waals surface area (Å²) in [6.45, 7) is 3.81. The predicted octanol–water partition coefficient (Wildman–Crippen LogP) is 5.62. The number of carbonyl (C=O) groups excluding carboxylic acids is 1. The maximum Gasteiger partial charge on any atom is 0.261 e. The van der Waals surface area contributed by atoms with Crippen molar-refractivity contribution in [2.24, 2.45) is 0 Å². The Morgan fingerprint density at radius 2 is 1.32 bits per heavy atom. The van der Waals surface area contributed by atoms with Crippen LogP contribution in [0.3, 0.4) is 0 Å². The molecule has 34 heavy (non-hydrogen) atoms. The molecule has 4 aromatic rings. The molecule has 0 aliphatic rings. The minimum absolute atomic E-state index is 0.160. The number of aryl methyl sites for hydroxylation is 2. The minimum Gasteiger partial charge on any atom is -0.341 e. The van der Waals surface area contributed by atoms with Crippen molar-refractivity contribution in [1.29, 1.82) is 0 Å². The standard InChI is InChI=1S/C28H26N2O3S/c1-20-13-16-23(17-14-20)27(22-9-5-3-6-10-22)29-28(31)24-18-15-21(2)26(19-24)30-34(32,33)25-11-7-4-8-12-25/h3-19,27,30H,1-2H3,(H,29,31)/t27-/m0/s1. The lowest BCUT2D eigenvalue weighted by atomic mass is 9.97. The smallest absolute Gasteiger partial charge is 0.261 e. The van der Waals surface area contributed by atoms with Gasteiger partial charge in [-0.25, -0.2) is 8.42 Å². The summed E-state index contributed by atoms with van der Waals surface area (Å²) >= 11 is 0. The quantitative estimate of drug-likeness (QED) is 0.368. The third kappa shape index (κ3) is 5.35. The van der Waals surface area contributed by atoms with E-state index in [1.54, 1.807) is 43.3 Å². The molecule has 5 nitrogen and oxygen atoms in total. The van der Waals surface area contributed by atoms with Crippen molar-refractivity contribution in [3.05, 3.63) is 131 Å². The highest BCUT2D eigenvalue weighted by Crippen LogP contribution is 2.25. The summed E-state index contributed by atoms with van der Waals surface area (Å²) in [4.78, 5) is 13.4. The fourth-order valence-electron chi connectivity index (χ4n) is 3.65. The van der Waals surface area contributed by atoms with Gasteiger partial charge in [-0.3, -0.25) is 9.52 Å². The Labute approximate surface area is 200 Å². The zero-order chi connectivity index (χ0) is 24.1. The van der Waals surface area contributed by atoms with E-state index in [-0.39, 0.29) is 16.8 Å². The van der Waals surface area contributed by atoms with Gasteiger partial charge in [0.25, 0.3) is 15.9 Å². The summed E-state index contributed by atoms with van der Waals surface area (Å²) in [5.41, 5.74) is 4.50. The highest BCUT2D eigenvalue weighted by Gasteiger charge is 2.20. The number of carbonyl (C=O) groups is 1. The molecule has 0 spiro atoms. The molecule has 0 unspecified atom stereocenters. The van der Waals surface area contributed by atoms with Crippen molar-refractivity contribution in [3.63, 3.8) is 0 Å². The molecule has 1 amide bonds. The third-order valence-corrected chi connectivity index (χ3v) is 7.00. The Hall–Kier alpha value is -3.90. The van der Waals surface area contributed by atoms with E-state index < -0.39 is 10.0 Å². The fourth-order valence-corrected chi connectivity index (χ4v) is 4.80. The second kappa shape index (κ2) is 9.93. The van der Waals surface area contributed by atoms with Crippen LogP contribution in [0.4, 0.5) is 5.69 Å². The van der Waals surface area contributed by atoms with Gasteiger partial charge >= 0.3 is 0 Å². The predicted molar refractivity (Wildman–Crippen MR) is 135 cm³/mol. The molecule has 4 rings (SSSR count). The fraction of sp³-hybridized carbons (Fsp3) is 0.107. The SMILES string of the molecule is Cc1ccc([C@@H](NC(=O)c2ccc(C)c(NS(=O)(=O)c3ccccc3)c2)c2ccccc2)cc1. The van der Waals surface area contributed by atoms with Crippen LogP contribution in [-0.2, 0) is 10.0 Å². The molecule has 1 atom stereocenters. The average Bonchev–Trinajstić information content (AvgIpc) is 2.85. The molecule has 0 aromatic heterocycles. The van der Waals surface area contributed by atoms with Gasteiger partial charge in [-0.2, -0.15) is 0 Å². The topological polar surface area (TPSA) is 75.3 Å². The summed E-state index contributed by atoms with van der Waals surface area (Å²) in [5.74, 6) is -0.297. The van der Waals surface area contributed by atoms with E-state index in [0.717, 1.165) is 16.7 Å². The molecule has 0 aliphatic heterocycles. The third-order valence-electron chi connectivity index (χ3n) is 5.62. The zero-order valence-corrected chi connectivity index (χ0v) is 19.8. The van der Waals surface area contributed by atoms with Gasteiger partial charge in [0.15, 0.2) is 0 Å². The molecule has 0 saturated carbocycles. The van der Waals surface area contributed by atoms with E-state index in [1.807, 2.05) is 61.5 Å². The molecular formula is C28H26N2O3S. The van der Waals surface area contributed by atoms with Gasteiger partial charge in [0.1, 0.15) is 0 Å². The maximum absolute atomic E-state index is 13.3. The molecule has 0 radical (unpaired) electrons. The van der Waals surface area contributed by atoms with Crippen molar-refractivity contribution in [3.8, 4) is 0 Å². The van der Waals surface area contributed by atoms with Crippen LogP contribution in [0, 0.1) is 13.8 Å². The first-order chi connectivity index (χ1) is 16.3. The first-order valence-corrected chi connectivity index (χ1v) is 12.4. The lowest BCUT2D eigenvalue weighted by Gasteiger charge is -2.21. The summed E-state index contributed by atoms with van der Waals surface area (Å²) < 4.78 is 28.2. The van der Waals surface area contributed by atoms with E-state index >= 15 is 0 Å². The van der Waals surface area contributed by atoms with Gasteiger partial charge in [-0.15, -0.1) is 0 Å². The molecule has 2 N–H and O–H groups in total. The van der Waals surface area contributed by atoms with E-state index in [0.29, 0.717) is 16.8 Å². The van der Waals surface area contributed by atoms with Crippen molar-refractivity contribution < 1.29 is 13.2 Å². The van der Waals surface area contributed by atoms with Crippen molar-refractivity contribution in [1.82, 2.24) is 5.32 Å². The molecule has 0 bridgehead atoms. The summed E-state index contributed by atoms with van der Waals surface area (Å²) in [5, 5.41) is 3.11. The van der Waals surface area contributed by atoms with E-state index in [4.69, 9.17) is 0 Å². The number of nitrogens with one attached hydrogen (secondary N) is 2. The number of amides is 1. The summed E-state index contributed by atoms with van der Waals surface area (Å²) in [6.07, 6.45) is 0.